The van der Waals surface area contributed by atoms with Gasteiger partial charge in [0.2, 0.25) is 0 Å². The number of nitrogens with zero attached hydrogens (tertiary/aromatic N) is 3. The van der Waals surface area contributed by atoms with E-state index in [-0.39, 0.29) is 5.92 Å². The average molecular weight is 283 g/mol. The Morgan fingerprint density at radius 2 is 2.19 bits per heavy atom. The maximum atomic E-state index is 10.8. The summed E-state index contributed by atoms with van der Waals surface area (Å²) >= 11 is 0. The molecule has 0 spiro atoms. The molecule has 2 heterocycles. The molecule has 1 aromatic heterocycles. The second-order valence-electron chi connectivity index (χ2n) is 5.47. The number of carboxylic acids is 1. The van der Waals surface area contributed by atoms with E-state index in [1.807, 2.05) is 11.0 Å². The van der Waals surface area contributed by atoms with Gasteiger partial charge in [-0.2, -0.15) is 0 Å². The molecule has 3 rings (SSSR count). The summed E-state index contributed by atoms with van der Waals surface area (Å²) in [7, 11) is 0. The van der Waals surface area contributed by atoms with Crippen LogP contribution in [0.2, 0.25) is 0 Å². The van der Waals surface area contributed by atoms with Gasteiger partial charge in [-0.05, 0) is 12.5 Å². The van der Waals surface area contributed by atoms with Crippen molar-refractivity contribution in [3.63, 3.8) is 0 Å². The molecule has 108 valence electrons. The molecule has 5 heteroatoms. The Hall–Kier alpha value is -2.43. The van der Waals surface area contributed by atoms with Crippen molar-refractivity contribution in [2.75, 3.05) is 18.0 Å². The molecule has 0 saturated carbocycles. The van der Waals surface area contributed by atoms with Crippen LogP contribution < -0.4 is 4.90 Å². The van der Waals surface area contributed by atoms with Crippen molar-refractivity contribution < 1.29 is 9.90 Å². The summed E-state index contributed by atoms with van der Waals surface area (Å²) in [5.41, 5.74) is 3.33. The SMILES string of the molecule is Cc1cccc(Cc2cncc(N3CC(C(=O)O)C3)n2)c1. The smallest absolute Gasteiger partial charge is 0.310 e. The first-order valence-electron chi connectivity index (χ1n) is 6.96. The van der Waals surface area contributed by atoms with Crippen LogP contribution in [0.3, 0.4) is 0 Å². The molecule has 5 nitrogen and oxygen atoms in total. The summed E-state index contributed by atoms with van der Waals surface area (Å²) in [4.78, 5) is 21.6. The molecular weight excluding hydrogens is 266 g/mol. The van der Waals surface area contributed by atoms with E-state index in [4.69, 9.17) is 5.11 Å². The maximum Gasteiger partial charge on any atom is 0.310 e. The van der Waals surface area contributed by atoms with E-state index in [0.717, 1.165) is 17.9 Å². The van der Waals surface area contributed by atoms with Crippen LogP contribution in [0.15, 0.2) is 36.7 Å². The number of hydrogen-bond donors (Lipinski definition) is 1. The highest BCUT2D eigenvalue weighted by Gasteiger charge is 2.33. The molecule has 1 fully saturated rings. The van der Waals surface area contributed by atoms with Crippen LogP contribution in [-0.2, 0) is 11.2 Å². The summed E-state index contributed by atoms with van der Waals surface area (Å²) in [6, 6.07) is 8.32. The standard InChI is InChI=1S/C16H17N3O2/c1-11-3-2-4-12(5-11)6-14-7-17-8-15(18-14)19-9-13(10-19)16(20)21/h2-5,7-8,13H,6,9-10H2,1H3,(H,20,21). The maximum absolute atomic E-state index is 10.8. The molecular formula is C16H17N3O2. The second kappa shape index (κ2) is 5.52. The normalized spacial score (nSPS) is 14.8. The lowest BCUT2D eigenvalue weighted by Gasteiger charge is -2.37. The number of aromatic nitrogens is 2. The first kappa shape index (κ1) is 13.5. The van der Waals surface area contributed by atoms with Crippen LogP contribution in [-0.4, -0.2) is 34.1 Å². The van der Waals surface area contributed by atoms with Crippen molar-refractivity contribution in [1.29, 1.82) is 0 Å². The first-order valence-corrected chi connectivity index (χ1v) is 6.96. The third-order valence-corrected chi connectivity index (χ3v) is 3.69. The summed E-state index contributed by atoms with van der Waals surface area (Å²) in [6.07, 6.45) is 4.19. The summed E-state index contributed by atoms with van der Waals surface area (Å²) in [6.45, 7) is 3.09. The van der Waals surface area contributed by atoms with Crippen LogP contribution in [0, 0.1) is 12.8 Å². The number of rotatable bonds is 4. The molecule has 21 heavy (non-hydrogen) atoms. The van der Waals surface area contributed by atoms with Crippen molar-refractivity contribution in [2.45, 2.75) is 13.3 Å². The van der Waals surface area contributed by atoms with Gasteiger partial charge in [-0.1, -0.05) is 29.8 Å². The van der Waals surface area contributed by atoms with Crippen LogP contribution in [0.25, 0.3) is 0 Å². The van der Waals surface area contributed by atoms with Crippen molar-refractivity contribution >= 4 is 11.8 Å². The van der Waals surface area contributed by atoms with Crippen molar-refractivity contribution in [3.8, 4) is 0 Å². The van der Waals surface area contributed by atoms with Crippen molar-refractivity contribution in [1.82, 2.24) is 9.97 Å². The van der Waals surface area contributed by atoms with E-state index in [1.54, 1.807) is 12.4 Å². The van der Waals surface area contributed by atoms with Gasteiger partial charge in [-0.25, -0.2) is 4.98 Å². The highest BCUT2D eigenvalue weighted by molar-refractivity contribution is 5.74. The third-order valence-electron chi connectivity index (χ3n) is 3.69. The highest BCUT2D eigenvalue weighted by atomic mass is 16.4. The second-order valence-corrected chi connectivity index (χ2v) is 5.47. The monoisotopic (exact) mass is 283 g/mol. The quantitative estimate of drug-likeness (QED) is 0.928. The minimum Gasteiger partial charge on any atom is -0.481 e. The molecule has 0 unspecified atom stereocenters. The Morgan fingerprint density at radius 3 is 2.90 bits per heavy atom. The topological polar surface area (TPSA) is 66.3 Å². The minimum atomic E-state index is -0.741. The van der Waals surface area contributed by atoms with E-state index in [1.165, 1.54) is 11.1 Å². The number of carboxylic acid groups (broad SMARTS) is 1. The molecule has 1 aliphatic rings. The summed E-state index contributed by atoms with van der Waals surface area (Å²) < 4.78 is 0. The lowest BCUT2D eigenvalue weighted by molar-refractivity contribution is -0.142. The third kappa shape index (κ3) is 3.02. The summed E-state index contributed by atoms with van der Waals surface area (Å²) in [5.74, 6) is -0.264. The predicted molar refractivity (Wildman–Crippen MR) is 79.4 cm³/mol. The van der Waals surface area contributed by atoms with E-state index in [2.05, 4.69) is 35.1 Å². The highest BCUT2D eigenvalue weighted by Crippen LogP contribution is 2.22. The minimum absolute atomic E-state index is 0.285. The van der Waals surface area contributed by atoms with Gasteiger partial charge in [0.05, 0.1) is 17.8 Å². The van der Waals surface area contributed by atoms with Gasteiger partial charge in [0.15, 0.2) is 0 Å². The molecule has 0 atom stereocenters. The lowest BCUT2D eigenvalue weighted by atomic mass is 10.0. The zero-order valence-electron chi connectivity index (χ0n) is 11.9. The van der Waals surface area contributed by atoms with E-state index in [9.17, 15) is 4.79 Å². The number of aryl methyl sites for hydroxylation is 1. The molecule has 0 radical (unpaired) electrons. The molecule has 2 aromatic rings. The van der Waals surface area contributed by atoms with Gasteiger partial charge in [0, 0.05) is 25.7 Å². The van der Waals surface area contributed by atoms with Crippen LogP contribution in [0.1, 0.15) is 16.8 Å². The Kier molecular flexibility index (Phi) is 3.56. The van der Waals surface area contributed by atoms with Gasteiger partial charge < -0.3 is 10.0 Å². The molecule has 1 aromatic carbocycles. The van der Waals surface area contributed by atoms with Gasteiger partial charge in [-0.15, -0.1) is 0 Å². The molecule has 1 N–H and O–H groups in total. The fourth-order valence-corrected chi connectivity index (χ4v) is 2.49. The Balaban J connectivity index is 1.71. The number of anilines is 1. The Bertz CT molecular complexity index is 666. The van der Waals surface area contributed by atoms with E-state index >= 15 is 0 Å². The van der Waals surface area contributed by atoms with Crippen molar-refractivity contribution in [2.24, 2.45) is 5.92 Å². The van der Waals surface area contributed by atoms with E-state index in [0.29, 0.717) is 13.1 Å². The summed E-state index contributed by atoms with van der Waals surface area (Å²) in [5, 5.41) is 8.91. The predicted octanol–water partition coefficient (Wildman–Crippen LogP) is 1.90. The fraction of sp³-hybridized carbons (Fsp3) is 0.312. The van der Waals surface area contributed by atoms with Gasteiger partial charge in [-0.3, -0.25) is 9.78 Å². The van der Waals surface area contributed by atoms with Crippen LogP contribution in [0.5, 0.6) is 0 Å². The molecule has 1 aliphatic heterocycles. The molecule has 1 saturated heterocycles. The largest absolute Gasteiger partial charge is 0.481 e. The molecule has 0 bridgehead atoms. The van der Waals surface area contributed by atoms with Crippen molar-refractivity contribution in [3.05, 3.63) is 53.5 Å². The zero-order valence-corrected chi connectivity index (χ0v) is 11.9. The lowest BCUT2D eigenvalue weighted by Crippen LogP contribution is -2.50. The van der Waals surface area contributed by atoms with Gasteiger partial charge in [0.25, 0.3) is 0 Å². The number of hydrogen-bond acceptors (Lipinski definition) is 4. The first-order chi connectivity index (χ1) is 10.1. The van der Waals surface area contributed by atoms with E-state index < -0.39 is 5.97 Å². The van der Waals surface area contributed by atoms with Crippen LogP contribution in [0.4, 0.5) is 5.82 Å². The Morgan fingerprint density at radius 1 is 1.38 bits per heavy atom. The van der Waals surface area contributed by atoms with Gasteiger partial charge >= 0.3 is 5.97 Å². The average Bonchev–Trinajstić information content (AvgIpc) is 2.37. The zero-order chi connectivity index (χ0) is 14.8. The van der Waals surface area contributed by atoms with Crippen LogP contribution >= 0.6 is 0 Å². The van der Waals surface area contributed by atoms with Gasteiger partial charge in [0.1, 0.15) is 5.82 Å². The Labute approximate surface area is 123 Å². The number of aliphatic carboxylic acids is 1. The fourth-order valence-electron chi connectivity index (χ4n) is 2.49. The number of carbonyl (C=O) groups is 1. The molecule has 0 aliphatic carbocycles. The molecule has 0 amide bonds. The number of benzene rings is 1.